The summed E-state index contributed by atoms with van der Waals surface area (Å²) >= 11 is 6.28. The number of Topliss-reactive ketones (excluding diaryl/α,β-unsaturated/α-hetero) is 1. The zero-order valence-corrected chi connectivity index (χ0v) is 13.2. The number of carbonyl (C=O) groups is 1. The maximum absolute atomic E-state index is 12.4. The highest BCUT2D eigenvalue weighted by molar-refractivity contribution is 6.37. The maximum Gasteiger partial charge on any atom is 0.197 e. The van der Waals surface area contributed by atoms with E-state index < -0.39 is 5.50 Å². The van der Waals surface area contributed by atoms with Crippen LogP contribution in [0.25, 0.3) is 10.9 Å². The van der Waals surface area contributed by atoms with E-state index in [9.17, 15) is 4.79 Å². The lowest BCUT2D eigenvalue weighted by Crippen LogP contribution is -2.56. The Hall–Kier alpha value is -2.46. The Morgan fingerprint density at radius 1 is 1.17 bits per heavy atom. The van der Waals surface area contributed by atoms with Gasteiger partial charge in [0.25, 0.3) is 0 Å². The van der Waals surface area contributed by atoms with Crippen LogP contribution in [-0.4, -0.2) is 23.4 Å². The SMILES string of the molecule is COc1cccc(N2[C@@H](Cl)C(=O)[C@H]2c2c[nH]c3ccccc23)c1. The number of aromatic nitrogens is 1. The fraction of sp³-hybridized carbons (Fsp3) is 0.167. The summed E-state index contributed by atoms with van der Waals surface area (Å²) in [5.74, 6) is 0.752. The molecule has 0 bridgehead atoms. The molecular weight excluding hydrogens is 312 g/mol. The maximum atomic E-state index is 12.4. The first-order chi connectivity index (χ1) is 11.2. The van der Waals surface area contributed by atoms with Crippen molar-refractivity contribution in [2.24, 2.45) is 0 Å². The van der Waals surface area contributed by atoms with Crippen LogP contribution in [0.1, 0.15) is 11.6 Å². The summed E-state index contributed by atoms with van der Waals surface area (Å²) in [5.41, 5.74) is 2.18. The Bertz CT molecular complexity index is 889. The molecule has 0 spiro atoms. The summed E-state index contributed by atoms with van der Waals surface area (Å²) in [6, 6.07) is 15.2. The van der Waals surface area contributed by atoms with Gasteiger partial charge in [-0.1, -0.05) is 35.9 Å². The van der Waals surface area contributed by atoms with Gasteiger partial charge in [-0.05, 0) is 18.2 Å². The highest BCUT2D eigenvalue weighted by Gasteiger charge is 2.48. The molecule has 116 valence electrons. The minimum atomic E-state index is -0.652. The van der Waals surface area contributed by atoms with Crippen LogP contribution in [0.5, 0.6) is 5.75 Å². The zero-order chi connectivity index (χ0) is 16.0. The molecule has 1 fully saturated rings. The van der Waals surface area contributed by atoms with E-state index in [1.165, 1.54) is 0 Å². The van der Waals surface area contributed by atoms with Crippen molar-refractivity contribution in [1.82, 2.24) is 4.98 Å². The molecule has 4 nitrogen and oxygen atoms in total. The van der Waals surface area contributed by atoms with Crippen molar-refractivity contribution in [3.05, 3.63) is 60.3 Å². The molecule has 2 aromatic carbocycles. The highest BCUT2D eigenvalue weighted by Crippen LogP contribution is 2.44. The number of H-pyrrole nitrogens is 1. The second-order valence-corrected chi connectivity index (χ2v) is 5.95. The van der Waals surface area contributed by atoms with E-state index in [1.54, 1.807) is 7.11 Å². The Kier molecular flexibility index (Phi) is 3.27. The number of hydrogen-bond donors (Lipinski definition) is 1. The van der Waals surface area contributed by atoms with Crippen LogP contribution in [0.15, 0.2) is 54.7 Å². The predicted octanol–water partition coefficient (Wildman–Crippen LogP) is 3.87. The molecule has 1 N–H and O–H groups in total. The van der Waals surface area contributed by atoms with Gasteiger partial charge in [-0.25, -0.2) is 0 Å². The first-order valence-electron chi connectivity index (χ1n) is 7.37. The van der Waals surface area contributed by atoms with Crippen LogP contribution in [0.2, 0.25) is 0 Å². The van der Waals surface area contributed by atoms with Gasteiger partial charge in [-0.15, -0.1) is 0 Å². The van der Waals surface area contributed by atoms with E-state index in [-0.39, 0.29) is 11.8 Å². The number of nitrogens with one attached hydrogen (secondary N) is 1. The van der Waals surface area contributed by atoms with E-state index in [1.807, 2.05) is 59.6 Å². The highest BCUT2D eigenvalue weighted by atomic mass is 35.5. The summed E-state index contributed by atoms with van der Waals surface area (Å²) in [6.45, 7) is 0. The van der Waals surface area contributed by atoms with Gasteiger partial charge in [-0.3, -0.25) is 4.79 Å². The quantitative estimate of drug-likeness (QED) is 0.587. The Labute approximate surface area is 138 Å². The molecule has 1 aliphatic heterocycles. The van der Waals surface area contributed by atoms with E-state index in [0.29, 0.717) is 0 Å². The van der Waals surface area contributed by atoms with E-state index >= 15 is 0 Å². The minimum Gasteiger partial charge on any atom is -0.497 e. The van der Waals surface area contributed by atoms with Crippen LogP contribution in [-0.2, 0) is 4.79 Å². The number of anilines is 1. The third-order valence-electron chi connectivity index (χ3n) is 4.29. The summed E-state index contributed by atoms with van der Waals surface area (Å²) in [7, 11) is 1.62. The lowest BCUT2D eigenvalue weighted by molar-refractivity contribution is -0.124. The number of ether oxygens (including phenoxy) is 1. The number of rotatable bonds is 3. The molecule has 2 heterocycles. The average Bonchev–Trinajstić information content (AvgIpc) is 3.02. The fourth-order valence-electron chi connectivity index (χ4n) is 3.13. The standard InChI is InChI=1S/C18H15ClN2O2/c1-23-12-6-4-5-11(9-12)21-16(17(22)18(21)19)14-10-20-15-8-3-2-7-13(14)15/h2-10,16,18,20H,1H3/t16-,18-/m1/s1. The first kappa shape index (κ1) is 14.2. The summed E-state index contributed by atoms with van der Waals surface area (Å²) < 4.78 is 5.27. The Morgan fingerprint density at radius 3 is 2.83 bits per heavy atom. The molecule has 23 heavy (non-hydrogen) atoms. The number of aromatic amines is 1. The number of carbonyl (C=O) groups excluding carboxylic acids is 1. The molecule has 0 amide bonds. The Morgan fingerprint density at radius 2 is 2.00 bits per heavy atom. The van der Waals surface area contributed by atoms with Crippen molar-refractivity contribution in [2.75, 3.05) is 12.0 Å². The number of nitrogens with zero attached hydrogens (tertiary/aromatic N) is 1. The summed E-state index contributed by atoms with van der Waals surface area (Å²) in [6.07, 6.45) is 1.89. The van der Waals surface area contributed by atoms with Gasteiger partial charge in [0.1, 0.15) is 11.8 Å². The van der Waals surface area contributed by atoms with Crippen molar-refractivity contribution in [3.8, 4) is 5.75 Å². The lowest BCUT2D eigenvalue weighted by atomic mass is 9.91. The molecule has 3 aromatic rings. The molecule has 2 atom stereocenters. The van der Waals surface area contributed by atoms with Gasteiger partial charge in [-0.2, -0.15) is 0 Å². The van der Waals surface area contributed by atoms with Crippen molar-refractivity contribution in [3.63, 3.8) is 0 Å². The van der Waals surface area contributed by atoms with Crippen LogP contribution >= 0.6 is 11.6 Å². The smallest absolute Gasteiger partial charge is 0.197 e. The van der Waals surface area contributed by atoms with Gasteiger partial charge in [0.15, 0.2) is 11.3 Å². The van der Waals surface area contributed by atoms with Crippen molar-refractivity contribution < 1.29 is 9.53 Å². The second-order valence-electron chi connectivity index (χ2n) is 5.54. The average molecular weight is 327 g/mol. The number of ketones is 1. The second kappa shape index (κ2) is 5.32. The number of alkyl halides is 1. The zero-order valence-electron chi connectivity index (χ0n) is 12.5. The Balaban J connectivity index is 1.79. The normalized spacial score (nSPS) is 20.6. The predicted molar refractivity (Wildman–Crippen MR) is 91.2 cm³/mol. The van der Waals surface area contributed by atoms with Gasteiger partial charge < -0.3 is 14.6 Å². The molecule has 1 aromatic heterocycles. The molecular formula is C18H15ClN2O2. The largest absolute Gasteiger partial charge is 0.497 e. The summed E-state index contributed by atoms with van der Waals surface area (Å²) in [5, 5.41) is 1.04. The molecule has 0 aliphatic carbocycles. The molecule has 1 aliphatic rings. The van der Waals surface area contributed by atoms with Gasteiger partial charge in [0, 0.05) is 34.4 Å². The van der Waals surface area contributed by atoms with E-state index in [4.69, 9.17) is 16.3 Å². The fourth-order valence-corrected chi connectivity index (χ4v) is 3.47. The van der Waals surface area contributed by atoms with Crippen LogP contribution in [0.4, 0.5) is 5.69 Å². The van der Waals surface area contributed by atoms with Crippen molar-refractivity contribution in [1.29, 1.82) is 0 Å². The van der Waals surface area contributed by atoms with E-state index in [2.05, 4.69) is 4.98 Å². The van der Waals surface area contributed by atoms with Gasteiger partial charge in [0.2, 0.25) is 0 Å². The molecule has 4 rings (SSSR count). The van der Waals surface area contributed by atoms with Crippen LogP contribution < -0.4 is 9.64 Å². The molecule has 0 unspecified atom stereocenters. The van der Waals surface area contributed by atoms with Crippen molar-refractivity contribution in [2.45, 2.75) is 11.5 Å². The number of para-hydroxylation sites is 1. The number of methoxy groups -OCH3 is 1. The minimum absolute atomic E-state index is 0.0132. The third-order valence-corrected chi connectivity index (χ3v) is 4.72. The summed E-state index contributed by atoms with van der Waals surface area (Å²) in [4.78, 5) is 17.6. The molecule has 0 radical (unpaired) electrons. The number of fused-ring (bicyclic) bond motifs is 1. The molecule has 0 saturated carbocycles. The van der Waals surface area contributed by atoms with Crippen LogP contribution in [0.3, 0.4) is 0 Å². The monoisotopic (exact) mass is 326 g/mol. The van der Waals surface area contributed by atoms with E-state index in [0.717, 1.165) is 27.9 Å². The number of hydrogen-bond acceptors (Lipinski definition) is 3. The van der Waals surface area contributed by atoms with Gasteiger partial charge in [0.05, 0.1) is 7.11 Å². The lowest BCUT2D eigenvalue weighted by Gasteiger charge is -2.45. The van der Waals surface area contributed by atoms with Crippen molar-refractivity contribution >= 4 is 34.0 Å². The number of benzene rings is 2. The van der Waals surface area contributed by atoms with Gasteiger partial charge >= 0.3 is 0 Å². The van der Waals surface area contributed by atoms with Crippen LogP contribution in [0, 0.1) is 0 Å². The third kappa shape index (κ3) is 2.10. The topological polar surface area (TPSA) is 45.3 Å². The molecule has 5 heteroatoms. The molecule has 1 saturated heterocycles. The first-order valence-corrected chi connectivity index (χ1v) is 7.80. The number of halogens is 1.